The number of benzene rings is 1. The van der Waals surface area contributed by atoms with E-state index in [0.717, 1.165) is 11.3 Å². The summed E-state index contributed by atoms with van der Waals surface area (Å²) >= 11 is 7.75. The minimum Gasteiger partial charge on any atom is -0.296 e. The molecule has 1 saturated heterocycles. The van der Waals surface area contributed by atoms with Crippen LogP contribution in [0.2, 0.25) is 0 Å². The van der Waals surface area contributed by atoms with E-state index in [1.165, 1.54) is 40.5 Å². The summed E-state index contributed by atoms with van der Waals surface area (Å²) in [5.41, 5.74) is 3.69. The van der Waals surface area contributed by atoms with Gasteiger partial charge >= 0.3 is 0 Å². The highest BCUT2D eigenvalue weighted by atomic mass is 32.2. The van der Waals surface area contributed by atoms with Crippen molar-refractivity contribution in [3.8, 4) is 0 Å². The highest BCUT2D eigenvalue weighted by Gasteiger charge is 2.29. The molecule has 0 unspecified atom stereocenters. The molecule has 26 heavy (non-hydrogen) atoms. The van der Waals surface area contributed by atoms with Crippen LogP contribution in [-0.4, -0.2) is 33.1 Å². The van der Waals surface area contributed by atoms with Crippen LogP contribution < -0.4 is 4.90 Å². The zero-order valence-electron chi connectivity index (χ0n) is 14.8. The van der Waals surface area contributed by atoms with E-state index in [1.807, 2.05) is 37.4 Å². The zero-order chi connectivity index (χ0) is 19.0. The minimum atomic E-state index is -0.132. The van der Waals surface area contributed by atoms with E-state index in [0.29, 0.717) is 20.1 Å². The second kappa shape index (κ2) is 7.30. The number of thioether (sulfide) groups is 1. The number of amides is 2. The number of anilines is 2. The minimum absolute atomic E-state index is 0.117. The quantitative estimate of drug-likeness (QED) is 0.566. The van der Waals surface area contributed by atoms with Crippen molar-refractivity contribution in [3.05, 3.63) is 45.3 Å². The van der Waals surface area contributed by atoms with E-state index in [9.17, 15) is 9.59 Å². The molecule has 1 aliphatic heterocycles. The summed E-state index contributed by atoms with van der Waals surface area (Å²) in [5, 5.41) is 2.40. The number of thiocarbonyl (C=S) groups is 1. The molecule has 0 spiro atoms. The zero-order valence-corrected chi connectivity index (χ0v) is 17.2. The highest BCUT2D eigenvalue weighted by molar-refractivity contribution is 8.26. The lowest BCUT2D eigenvalue weighted by molar-refractivity contribution is -0.121. The molecule has 1 fully saturated rings. The molecule has 1 aromatic carbocycles. The largest absolute Gasteiger partial charge is 0.296 e. The van der Waals surface area contributed by atoms with Gasteiger partial charge in [0, 0.05) is 19.4 Å². The van der Waals surface area contributed by atoms with E-state index in [2.05, 4.69) is 4.98 Å². The molecule has 0 radical (unpaired) electrons. The monoisotopic (exact) mass is 403 g/mol. The Kier molecular flexibility index (Phi) is 5.27. The molecule has 0 bridgehead atoms. The average Bonchev–Trinajstić information content (AvgIpc) is 3.12. The molecule has 2 heterocycles. The molecular weight excluding hydrogens is 386 g/mol. The first kappa shape index (κ1) is 18.8. The third-order valence-electron chi connectivity index (χ3n) is 4.03. The summed E-state index contributed by atoms with van der Waals surface area (Å²) in [6, 6.07) is 5.87. The van der Waals surface area contributed by atoms with Crippen LogP contribution in [0.5, 0.6) is 0 Å². The lowest BCUT2D eigenvalue weighted by Crippen LogP contribution is -2.22. The average molecular weight is 404 g/mol. The highest BCUT2D eigenvalue weighted by Crippen LogP contribution is 2.34. The van der Waals surface area contributed by atoms with E-state index in [1.54, 1.807) is 18.0 Å². The maximum atomic E-state index is 12.2. The van der Waals surface area contributed by atoms with Gasteiger partial charge < -0.3 is 0 Å². The molecule has 134 valence electrons. The number of hydrogen-bond acceptors (Lipinski definition) is 6. The summed E-state index contributed by atoms with van der Waals surface area (Å²) < 4.78 is 0.525. The van der Waals surface area contributed by atoms with Crippen LogP contribution in [0.4, 0.5) is 10.8 Å². The number of hydrogen-bond donors (Lipinski definition) is 0. The normalized spacial score (nSPS) is 15.8. The molecule has 0 atom stereocenters. The van der Waals surface area contributed by atoms with Crippen LogP contribution in [0.3, 0.4) is 0 Å². The lowest BCUT2D eigenvalue weighted by atomic mass is 10.1. The Labute approximate surface area is 165 Å². The van der Waals surface area contributed by atoms with Gasteiger partial charge in [-0.05, 0) is 43.2 Å². The Morgan fingerprint density at radius 2 is 2.04 bits per heavy atom. The van der Waals surface area contributed by atoms with Crippen molar-refractivity contribution in [2.45, 2.75) is 20.8 Å². The van der Waals surface area contributed by atoms with Gasteiger partial charge in [0.05, 0.1) is 16.3 Å². The summed E-state index contributed by atoms with van der Waals surface area (Å²) in [6.45, 7) is 5.55. The predicted octanol–water partition coefficient (Wildman–Crippen LogP) is 4.28. The summed E-state index contributed by atoms with van der Waals surface area (Å²) in [4.78, 5) is 32.4. The van der Waals surface area contributed by atoms with Gasteiger partial charge in [-0.2, -0.15) is 0 Å². The predicted molar refractivity (Wildman–Crippen MR) is 112 cm³/mol. The molecule has 8 heteroatoms. The van der Waals surface area contributed by atoms with Crippen molar-refractivity contribution >= 4 is 68.3 Å². The van der Waals surface area contributed by atoms with Crippen LogP contribution in [0.25, 0.3) is 6.08 Å². The molecule has 1 aliphatic rings. The van der Waals surface area contributed by atoms with E-state index < -0.39 is 0 Å². The van der Waals surface area contributed by atoms with Gasteiger partial charge in [-0.15, -0.1) is 11.3 Å². The van der Waals surface area contributed by atoms with Crippen LogP contribution in [-0.2, 0) is 9.59 Å². The second-order valence-electron chi connectivity index (χ2n) is 5.92. The van der Waals surface area contributed by atoms with Gasteiger partial charge in [0.15, 0.2) is 5.13 Å². The molecule has 0 N–H and O–H groups in total. The molecule has 0 aliphatic carbocycles. The molecule has 2 aromatic rings. The Hall–Kier alpha value is -2.03. The maximum Gasteiger partial charge on any atom is 0.265 e. The van der Waals surface area contributed by atoms with Crippen molar-refractivity contribution in [2.75, 3.05) is 11.9 Å². The number of aromatic nitrogens is 1. The number of likely N-dealkylation sites (N-methyl/N-ethyl adjacent to an activating group) is 1. The fraction of sp³-hybridized carbons (Fsp3) is 0.222. The molecule has 1 aromatic heterocycles. The molecule has 5 nitrogen and oxygen atoms in total. The van der Waals surface area contributed by atoms with Gasteiger partial charge in [-0.3, -0.25) is 19.4 Å². The number of aryl methyl sites for hydroxylation is 2. The topological polar surface area (TPSA) is 53.5 Å². The molecule has 0 saturated carbocycles. The summed E-state index contributed by atoms with van der Waals surface area (Å²) in [6.07, 6.45) is 1.71. The maximum absolute atomic E-state index is 12.2. The Morgan fingerprint density at radius 1 is 1.31 bits per heavy atom. The van der Waals surface area contributed by atoms with Crippen molar-refractivity contribution in [1.82, 2.24) is 9.88 Å². The van der Waals surface area contributed by atoms with Crippen LogP contribution in [0.1, 0.15) is 23.7 Å². The number of rotatable bonds is 3. The third kappa shape index (κ3) is 3.58. The number of carbonyl (C=O) groups excluding carboxylic acids is 2. The first-order valence-electron chi connectivity index (χ1n) is 7.83. The van der Waals surface area contributed by atoms with Gasteiger partial charge in [0.25, 0.3) is 5.91 Å². The first-order chi connectivity index (χ1) is 12.3. The fourth-order valence-electron chi connectivity index (χ4n) is 2.42. The third-order valence-corrected chi connectivity index (χ3v) is 6.36. The van der Waals surface area contributed by atoms with Crippen molar-refractivity contribution < 1.29 is 9.59 Å². The Balaban J connectivity index is 1.94. The first-order valence-corrected chi connectivity index (χ1v) is 9.93. The standard InChI is InChI=1S/C18H17N3O2S3/c1-10-5-6-14(7-11(10)2)21(12(3)22)17-19-13(9-25-17)8-15-16(23)20(4)18(24)26-15/h5-9H,1-4H3. The van der Waals surface area contributed by atoms with Gasteiger partial charge in [-0.25, -0.2) is 4.98 Å². The van der Waals surface area contributed by atoms with Crippen molar-refractivity contribution in [3.63, 3.8) is 0 Å². The van der Waals surface area contributed by atoms with E-state index in [-0.39, 0.29) is 11.8 Å². The fourth-order valence-corrected chi connectivity index (χ4v) is 4.43. The van der Waals surface area contributed by atoms with Crippen LogP contribution in [0.15, 0.2) is 28.5 Å². The van der Waals surface area contributed by atoms with Crippen molar-refractivity contribution in [2.24, 2.45) is 0 Å². The van der Waals surface area contributed by atoms with Crippen LogP contribution in [0, 0.1) is 13.8 Å². The van der Waals surface area contributed by atoms with E-state index >= 15 is 0 Å². The van der Waals surface area contributed by atoms with Gasteiger partial charge in [0.2, 0.25) is 5.91 Å². The molecule has 3 rings (SSSR count). The number of carbonyl (C=O) groups is 2. The second-order valence-corrected chi connectivity index (χ2v) is 8.43. The summed E-state index contributed by atoms with van der Waals surface area (Å²) in [7, 11) is 1.65. The van der Waals surface area contributed by atoms with E-state index in [4.69, 9.17) is 12.2 Å². The number of nitrogens with zero attached hydrogens (tertiary/aromatic N) is 3. The van der Waals surface area contributed by atoms with Crippen LogP contribution >= 0.6 is 35.3 Å². The molecular formula is C18H17N3O2S3. The Bertz CT molecular complexity index is 949. The van der Waals surface area contributed by atoms with Crippen molar-refractivity contribution in [1.29, 1.82) is 0 Å². The van der Waals surface area contributed by atoms with Gasteiger partial charge in [0.1, 0.15) is 4.32 Å². The Morgan fingerprint density at radius 3 is 2.62 bits per heavy atom. The summed E-state index contributed by atoms with van der Waals surface area (Å²) in [5.74, 6) is -0.249. The number of thiazole rings is 1. The van der Waals surface area contributed by atoms with Gasteiger partial charge in [-0.1, -0.05) is 30.0 Å². The SMILES string of the molecule is CC(=O)N(c1ccc(C)c(C)c1)c1nc(C=C2SC(=S)N(C)C2=O)cs1. The molecule has 2 amide bonds. The lowest BCUT2D eigenvalue weighted by Gasteiger charge is -2.19. The smallest absolute Gasteiger partial charge is 0.265 e.